The first-order chi connectivity index (χ1) is 14.0. The Balaban J connectivity index is 2.82. The molecule has 1 rings (SSSR count). The van der Waals surface area contributed by atoms with Gasteiger partial charge in [0.1, 0.15) is 18.1 Å². The van der Waals surface area contributed by atoms with E-state index in [1.165, 1.54) is 0 Å². The van der Waals surface area contributed by atoms with Crippen molar-refractivity contribution in [1.29, 1.82) is 0 Å². The molecule has 0 saturated carbocycles. The molecule has 0 radical (unpaired) electrons. The Hall–Kier alpha value is -2.87. The van der Waals surface area contributed by atoms with E-state index >= 15 is 0 Å². The Kier molecular flexibility index (Phi) is 10.0. The minimum Gasteiger partial charge on any atom is -0.481 e. The van der Waals surface area contributed by atoms with Gasteiger partial charge in [-0.15, -0.1) is 0 Å². The summed E-state index contributed by atoms with van der Waals surface area (Å²) in [4.78, 5) is 70.1. The van der Waals surface area contributed by atoms with Crippen LogP contribution in [-0.4, -0.2) is 82.2 Å². The molecule has 30 heavy (non-hydrogen) atoms. The molecular weight excluding hydrogens is 422 g/mol. The van der Waals surface area contributed by atoms with E-state index < -0.39 is 72.6 Å². The molecule has 0 spiro atoms. The molecule has 8 N–H and O–H groups in total. The number of hydrogen-bond donors (Lipinski definition) is 8. The summed E-state index contributed by atoms with van der Waals surface area (Å²) in [5, 5.41) is 27.4. The highest BCUT2D eigenvalue weighted by atomic mass is 32.1. The van der Waals surface area contributed by atoms with Crippen LogP contribution in [0.1, 0.15) is 25.7 Å². The molecule has 0 bridgehead atoms. The van der Waals surface area contributed by atoms with Crippen LogP contribution in [0.4, 0.5) is 0 Å². The number of hydrogen-bond acceptors (Lipinski definition) is 8. The van der Waals surface area contributed by atoms with E-state index in [2.05, 4.69) is 28.6 Å². The molecule has 4 atom stereocenters. The van der Waals surface area contributed by atoms with Gasteiger partial charge in [0, 0.05) is 5.75 Å². The monoisotopic (exact) mass is 447 g/mol. The maximum Gasteiger partial charge on any atom is 0.326 e. The van der Waals surface area contributed by atoms with Crippen LogP contribution in [0.25, 0.3) is 0 Å². The van der Waals surface area contributed by atoms with Crippen molar-refractivity contribution in [2.24, 2.45) is 5.73 Å². The maximum absolute atomic E-state index is 12.5. The van der Waals surface area contributed by atoms with E-state index in [4.69, 9.17) is 15.9 Å². The van der Waals surface area contributed by atoms with Crippen LogP contribution in [0, 0.1) is 0 Å². The lowest BCUT2D eigenvalue weighted by Gasteiger charge is -2.23. The summed E-state index contributed by atoms with van der Waals surface area (Å²) in [6.07, 6.45) is -0.187. The number of thiol groups is 1. The van der Waals surface area contributed by atoms with Crippen LogP contribution in [0.15, 0.2) is 0 Å². The van der Waals surface area contributed by atoms with Crippen LogP contribution in [-0.2, 0) is 28.8 Å². The van der Waals surface area contributed by atoms with Crippen molar-refractivity contribution in [2.45, 2.75) is 49.9 Å². The summed E-state index contributed by atoms with van der Waals surface area (Å²) < 4.78 is 0. The van der Waals surface area contributed by atoms with Crippen molar-refractivity contribution in [2.75, 3.05) is 12.3 Å². The SMILES string of the molecule is NC(=O)CC(NC(=O)C(CS)NC(=O)C1CCCN1)C(=O)NC(CC(=O)O)C(=O)O. The molecule has 168 valence electrons. The summed E-state index contributed by atoms with van der Waals surface area (Å²) in [5.74, 6) is -6.56. The number of rotatable bonds is 12. The molecule has 0 aromatic heterocycles. The number of amides is 4. The molecule has 14 heteroatoms. The van der Waals surface area contributed by atoms with Gasteiger partial charge in [-0.05, 0) is 19.4 Å². The van der Waals surface area contributed by atoms with Crippen molar-refractivity contribution < 1.29 is 39.0 Å². The molecule has 0 aromatic rings. The largest absolute Gasteiger partial charge is 0.481 e. The first-order valence-corrected chi connectivity index (χ1v) is 9.66. The predicted octanol–water partition coefficient (Wildman–Crippen LogP) is -3.44. The minimum absolute atomic E-state index is 0.119. The van der Waals surface area contributed by atoms with Gasteiger partial charge in [0.15, 0.2) is 0 Å². The molecule has 1 saturated heterocycles. The molecule has 4 amide bonds. The second-order valence-corrected chi connectivity index (χ2v) is 6.99. The van der Waals surface area contributed by atoms with Gasteiger partial charge in [-0.25, -0.2) is 4.79 Å². The van der Waals surface area contributed by atoms with E-state index in [9.17, 15) is 28.8 Å². The van der Waals surface area contributed by atoms with Gasteiger partial charge in [-0.3, -0.25) is 24.0 Å². The Morgan fingerprint density at radius 1 is 0.967 bits per heavy atom. The average molecular weight is 447 g/mol. The highest BCUT2D eigenvalue weighted by Gasteiger charge is 2.32. The lowest BCUT2D eigenvalue weighted by Crippen LogP contribution is -2.58. The van der Waals surface area contributed by atoms with E-state index in [1.54, 1.807) is 0 Å². The Morgan fingerprint density at radius 2 is 1.57 bits per heavy atom. The Bertz CT molecular complexity index is 697. The summed E-state index contributed by atoms with van der Waals surface area (Å²) in [6, 6.07) is -4.96. The summed E-state index contributed by atoms with van der Waals surface area (Å²) in [7, 11) is 0. The van der Waals surface area contributed by atoms with Crippen LogP contribution in [0.3, 0.4) is 0 Å². The lowest BCUT2D eigenvalue weighted by atomic mass is 10.1. The van der Waals surface area contributed by atoms with E-state index in [-0.39, 0.29) is 5.75 Å². The lowest BCUT2D eigenvalue weighted by molar-refractivity contribution is -0.147. The number of carboxylic acid groups (broad SMARTS) is 2. The fourth-order valence-corrected chi connectivity index (χ4v) is 2.96. The zero-order chi connectivity index (χ0) is 22.8. The van der Waals surface area contributed by atoms with Gasteiger partial charge in [0.05, 0.1) is 18.9 Å². The van der Waals surface area contributed by atoms with Crippen LogP contribution in [0.5, 0.6) is 0 Å². The van der Waals surface area contributed by atoms with E-state index in [1.807, 2.05) is 5.32 Å². The molecule has 4 unspecified atom stereocenters. The number of nitrogens with one attached hydrogen (secondary N) is 4. The normalized spacial score (nSPS) is 18.5. The van der Waals surface area contributed by atoms with Crippen molar-refractivity contribution in [1.82, 2.24) is 21.3 Å². The zero-order valence-corrected chi connectivity index (χ0v) is 16.8. The Labute approximate surface area is 176 Å². The third kappa shape index (κ3) is 8.24. The second kappa shape index (κ2) is 12.0. The van der Waals surface area contributed by atoms with Crippen LogP contribution in [0.2, 0.25) is 0 Å². The van der Waals surface area contributed by atoms with Gasteiger partial charge < -0.3 is 37.2 Å². The molecule has 1 fully saturated rings. The summed E-state index contributed by atoms with van der Waals surface area (Å²) in [6.45, 7) is 0.664. The fraction of sp³-hybridized carbons (Fsp3) is 0.625. The van der Waals surface area contributed by atoms with Crippen molar-refractivity contribution in [3.05, 3.63) is 0 Å². The van der Waals surface area contributed by atoms with Gasteiger partial charge in [-0.1, -0.05) is 0 Å². The van der Waals surface area contributed by atoms with E-state index in [0.29, 0.717) is 13.0 Å². The first kappa shape index (κ1) is 25.2. The number of carboxylic acids is 2. The van der Waals surface area contributed by atoms with Gasteiger partial charge >= 0.3 is 11.9 Å². The highest BCUT2D eigenvalue weighted by Crippen LogP contribution is 2.06. The molecule has 0 aliphatic carbocycles. The van der Waals surface area contributed by atoms with Gasteiger partial charge in [-0.2, -0.15) is 12.6 Å². The molecule has 1 aliphatic heterocycles. The Morgan fingerprint density at radius 3 is 2.03 bits per heavy atom. The predicted molar refractivity (Wildman–Crippen MR) is 104 cm³/mol. The van der Waals surface area contributed by atoms with Crippen molar-refractivity contribution in [3.8, 4) is 0 Å². The molecular formula is C16H25N5O8S. The topological polar surface area (TPSA) is 217 Å². The van der Waals surface area contributed by atoms with Gasteiger partial charge in [0.25, 0.3) is 0 Å². The van der Waals surface area contributed by atoms with Crippen molar-refractivity contribution >= 4 is 48.2 Å². The second-order valence-electron chi connectivity index (χ2n) is 6.62. The zero-order valence-electron chi connectivity index (χ0n) is 15.9. The number of carbonyl (C=O) groups is 6. The minimum atomic E-state index is -1.78. The molecule has 13 nitrogen and oxygen atoms in total. The smallest absolute Gasteiger partial charge is 0.326 e. The quantitative estimate of drug-likeness (QED) is 0.139. The van der Waals surface area contributed by atoms with E-state index in [0.717, 1.165) is 6.42 Å². The molecule has 1 aliphatic rings. The molecule has 0 aromatic carbocycles. The number of carbonyl (C=O) groups excluding carboxylic acids is 4. The number of aliphatic carboxylic acids is 2. The molecule has 1 heterocycles. The van der Waals surface area contributed by atoms with Crippen LogP contribution < -0.4 is 27.0 Å². The maximum atomic E-state index is 12.5. The first-order valence-electron chi connectivity index (χ1n) is 9.03. The fourth-order valence-electron chi connectivity index (χ4n) is 2.70. The number of nitrogens with two attached hydrogens (primary N) is 1. The van der Waals surface area contributed by atoms with Crippen LogP contribution >= 0.6 is 12.6 Å². The highest BCUT2D eigenvalue weighted by molar-refractivity contribution is 7.80. The third-order valence-electron chi connectivity index (χ3n) is 4.22. The summed E-state index contributed by atoms with van der Waals surface area (Å²) in [5.41, 5.74) is 5.08. The standard InChI is InChI=1S/C16H25N5O8S/c17-11(22)4-8(14(26)20-9(16(28)29)5-12(23)24)19-15(27)10(6-30)21-13(25)7-2-1-3-18-7/h7-10,18,30H,1-6H2,(H2,17,22)(H,19,27)(H,20,26)(H,21,25)(H,23,24)(H,28,29). The average Bonchev–Trinajstić information content (AvgIpc) is 3.18. The number of primary amides is 1. The van der Waals surface area contributed by atoms with Gasteiger partial charge in [0.2, 0.25) is 23.6 Å². The summed E-state index contributed by atoms with van der Waals surface area (Å²) >= 11 is 4.01. The third-order valence-corrected chi connectivity index (χ3v) is 4.59. The van der Waals surface area contributed by atoms with Crippen molar-refractivity contribution in [3.63, 3.8) is 0 Å².